The number of anilines is 1. The predicted octanol–water partition coefficient (Wildman–Crippen LogP) is 3.09. The molecule has 0 amide bonds. The van der Waals surface area contributed by atoms with Gasteiger partial charge in [0, 0.05) is 10.7 Å². The standard InChI is InChI=1S/C12H16ClNO2/c1-3-9(2)16-12(15)8-14-11-6-4-10(13)5-7-11/h4-7,9,14H,3,8H2,1-2H3. The molecule has 1 aromatic rings. The van der Waals surface area contributed by atoms with Crippen LogP contribution in [0.2, 0.25) is 5.02 Å². The van der Waals surface area contributed by atoms with Gasteiger partial charge in [0.2, 0.25) is 0 Å². The second kappa shape index (κ2) is 6.38. The number of nitrogens with one attached hydrogen (secondary N) is 1. The summed E-state index contributed by atoms with van der Waals surface area (Å²) in [5, 5.41) is 3.64. The third-order valence-corrected chi connectivity index (χ3v) is 2.44. The minimum Gasteiger partial charge on any atom is -0.461 e. The Hall–Kier alpha value is -1.22. The molecule has 4 heteroatoms. The third-order valence-electron chi connectivity index (χ3n) is 2.19. The van der Waals surface area contributed by atoms with E-state index in [9.17, 15) is 4.79 Å². The average Bonchev–Trinajstić information content (AvgIpc) is 2.28. The van der Waals surface area contributed by atoms with Crippen molar-refractivity contribution in [1.29, 1.82) is 0 Å². The lowest BCUT2D eigenvalue weighted by Crippen LogP contribution is -2.21. The number of esters is 1. The average molecular weight is 242 g/mol. The largest absolute Gasteiger partial charge is 0.461 e. The molecule has 0 aromatic heterocycles. The smallest absolute Gasteiger partial charge is 0.325 e. The summed E-state index contributed by atoms with van der Waals surface area (Å²) in [6.45, 7) is 4.02. The van der Waals surface area contributed by atoms with Crippen LogP contribution >= 0.6 is 11.6 Å². The molecule has 0 aliphatic rings. The fourth-order valence-electron chi connectivity index (χ4n) is 1.09. The van der Waals surface area contributed by atoms with Crippen LogP contribution in [0.15, 0.2) is 24.3 Å². The van der Waals surface area contributed by atoms with Crippen molar-refractivity contribution in [2.75, 3.05) is 11.9 Å². The third kappa shape index (κ3) is 4.53. The van der Waals surface area contributed by atoms with E-state index in [0.717, 1.165) is 12.1 Å². The molecule has 1 atom stereocenters. The van der Waals surface area contributed by atoms with Gasteiger partial charge in [-0.05, 0) is 37.6 Å². The maximum absolute atomic E-state index is 11.3. The van der Waals surface area contributed by atoms with Gasteiger partial charge >= 0.3 is 5.97 Å². The molecule has 16 heavy (non-hydrogen) atoms. The molecular weight excluding hydrogens is 226 g/mol. The maximum Gasteiger partial charge on any atom is 0.325 e. The molecule has 1 rings (SSSR count). The lowest BCUT2D eigenvalue weighted by Gasteiger charge is -2.11. The first-order chi connectivity index (χ1) is 7.61. The summed E-state index contributed by atoms with van der Waals surface area (Å²) in [6.07, 6.45) is 0.798. The molecule has 1 N–H and O–H groups in total. The van der Waals surface area contributed by atoms with Gasteiger partial charge in [0.15, 0.2) is 0 Å². The van der Waals surface area contributed by atoms with Gasteiger partial charge in [0.05, 0.1) is 6.10 Å². The molecule has 0 aliphatic heterocycles. The second-order valence-electron chi connectivity index (χ2n) is 3.57. The topological polar surface area (TPSA) is 38.3 Å². The van der Waals surface area contributed by atoms with Crippen LogP contribution in [0.4, 0.5) is 5.69 Å². The Bertz CT molecular complexity index is 337. The number of benzene rings is 1. The van der Waals surface area contributed by atoms with E-state index in [4.69, 9.17) is 16.3 Å². The first-order valence-electron chi connectivity index (χ1n) is 5.30. The Morgan fingerprint density at radius 1 is 1.44 bits per heavy atom. The summed E-state index contributed by atoms with van der Waals surface area (Å²) in [7, 11) is 0. The van der Waals surface area contributed by atoms with Crippen LogP contribution < -0.4 is 5.32 Å². The Balaban J connectivity index is 2.34. The van der Waals surface area contributed by atoms with Crippen molar-refractivity contribution in [3.05, 3.63) is 29.3 Å². The van der Waals surface area contributed by atoms with E-state index >= 15 is 0 Å². The van der Waals surface area contributed by atoms with Gasteiger partial charge in [-0.2, -0.15) is 0 Å². The molecular formula is C12H16ClNO2. The number of hydrogen-bond donors (Lipinski definition) is 1. The highest BCUT2D eigenvalue weighted by molar-refractivity contribution is 6.30. The summed E-state index contributed by atoms with van der Waals surface area (Å²) in [4.78, 5) is 11.3. The zero-order valence-corrected chi connectivity index (χ0v) is 10.3. The zero-order chi connectivity index (χ0) is 12.0. The van der Waals surface area contributed by atoms with Gasteiger partial charge in [-0.15, -0.1) is 0 Å². The van der Waals surface area contributed by atoms with Crippen molar-refractivity contribution < 1.29 is 9.53 Å². The van der Waals surface area contributed by atoms with E-state index in [1.165, 1.54) is 0 Å². The van der Waals surface area contributed by atoms with E-state index in [1.54, 1.807) is 12.1 Å². The van der Waals surface area contributed by atoms with Crippen molar-refractivity contribution in [3.8, 4) is 0 Å². The highest BCUT2D eigenvalue weighted by Crippen LogP contribution is 2.13. The van der Waals surface area contributed by atoms with Crippen LogP contribution in [0.5, 0.6) is 0 Å². The number of halogens is 1. The Morgan fingerprint density at radius 3 is 2.62 bits per heavy atom. The number of hydrogen-bond acceptors (Lipinski definition) is 3. The van der Waals surface area contributed by atoms with Crippen LogP contribution in [0, 0.1) is 0 Å². The molecule has 0 aliphatic carbocycles. The number of ether oxygens (including phenoxy) is 1. The van der Waals surface area contributed by atoms with Gasteiger partial charge in [-0.25, -0.2) is 0 Å². The lowest BCUT2D eigenvalue weighted by atomic mass is 10.3. The number of carbonyl (C=O) groups is 1. The Kier molecular flexibility index (Phi) is 5.12. The molecule has 0 spiro atoms. The molecule has 0 heterocycles. The normalized spacial score (nSPS) is 11.9. The van der Waals surface area contributed by atoms with Gasteiger partial charge in [-0.1, -0.05) is 18.5 Å². The van der Waals surface area contributed by atoms with Crippen molar-refractivity contribution in [2.45, 2.75) is 26.4 Å². The highest BCUT2D eigenvalue weighted by atomic mass is 35.5. The van der Waals surface area contributed by atoms with E-state index in [0.29, 0.717) is 5.02 Å². The summed E-state index contributed by atoms with van der Waals surface area (Å²) in [6, 6.07) is 7.17. The van der Waals surface area contributed by atoms with Crippen LogP contribution in [-0.4, -0.2) is 18.6 Å². The fraction of sp³-hybridized carbons (Fsp3) is 0.417. The Morgan fingerprint density at radius 2 is 2.06 bits per heavy atom. The molecule has 3 nitrogen and oxygen atoms in total. The number of rotatable bonds is 5. The van der Waals surface area contributed by atoms with Gasteiger partial charge in [0.25, 0.3) is 0 Å². The van der Waals surface area contributed by atoms with E-state index in [2.05, 4.69) is 5.32 Å². The van der Waals surface area contributed by atoms with Crippen molar-refractivity contribution in [2.24, 2.45) is 0 Å². The first-order valence-corrected chi connectivity index (χ1v) is 5.68. The van der Waals surface area contributed by atoms with Gasteiger partial charge in [-0.3, -0.25) is 4.79 Å². The molecule has 0 fully saturated rings. The molecule has 0 radical (unpaired) electrons. The zero-order valence-electron chi connectivity index (χ0n) is 9.50. The minimum absolute atomic E-state index is 0.0282. The first kappa shape index (κ1) is 12.8. The molecule has 0 bridgehead atoms. The fourth-order valence-corrected chi connectivity index (χ4v) is 1.22. The van der Waals surface area contributed by atoms with Crippen LogP contribution in [0.1, 0.15) is 20.3 Å². The van der Waals surface area contributed by atoms with Gasteiger partial charge in [0.1, 0.15) is 6.54 Å². The minimum atomic E-state index is -0.246. The molecule has 88 valence electrons. The summed E-state index contributed by atoms with van der Waals surface area (Å²) < 4.78 is 5.12. The highest BCUT2D eigenvalue weighted by Gasteiger charge is 2.06. The van der Waals surface area contributed by atoms with Crippen LogP contribution in [0.25, 0.3) is 0 Å². The van der Waals surface area contributed by atoms with Crippen LogP contribution in [-0.2, 0) is 9.53 Å². The summed E-state index contributed by atoms with van der Waals surface area (Å²) in [5.74, 6) is -0.246. The molecule has 1 aromatic carbocycles. The summed E-state index contributed by atoms with van der Waals surface area (Å²) >= 11 is 5.74. The summed E-state index contributed by atoms with van der Waals surface area (Å²) in [5.41, 5.74) is 0.852. The van der Waals surface area contributed by atoms with Gasteiger partial charge < -0.3 is 10.1 Å². The SMILES string of the molecule is CCC(C)OC(=O)CNc1ccc(Cl)cc1. The van der Waals surface area contributed by atoms with E-state index < -0.39 is 0 Å². The molecule has 0 saturated carbocycles. The van der Waals surface area contributed by atoms with Crippen LogP contribution in [0.3, 0.4) is 0 Å². The van der Waals surface area contributed by atoms with Crippen molar-refractivity contribution in [1.82, 2.24) is 0 Å². The lowest BCUT2D eigenvalue weighted by molar-refractivity contribution is -0.146. The molecule has 1 unspecified atom stereocenters. The van der Waals surface area contributed by atoms with E-state index in [-0.39, 0.29) is 18.6 Å². The van der Waals surface area contributed by atoms with Crippen molar-refractivity contribution in [3.63, 3.8) is 0 Å². The second-order valence-corrected chi connectivity index (χ2v) is 4.01. The quantitative estimate of drug-likeness (QED) is 0.805. The van der Waals surface area contributed by atoms with E-state index in [1.807, 2.05) is 26.0 Å². The Labute approximate surface area is 101 Å². The predicted molar refractivity (Wildman–Crippen MR) is 65.8 cm³/mol. The molecule has 0 saturated heterocycles. The number of carbonyl (C=O) groups excluding carboxylic acids is 1. The monoisotopic (exact) mass is 241 g/mol. The maximum atomic E-state index is 11.3. The van der Waals surface area contributed by atoms with Crippen molar-refractivity contribution >= 4 is 23.3 Å².